The molecule has 0 saturated carbocycles. The Bertz CT molecular complexity index is 886. The third-order valence-electron chi connectivity index (χ3n) is 3.81. The van der Waals surface area contributed by atoms with Crippen molar-refractivity contribution in [2.45, 2.75) is 13.0 Å². The molecule has 2 aromatic rings. The molecule has 0 aliphatic carbocycles. The molecule has 1 atom stereocenters. The Morgan fingerprint density at radius 1 is 1.04 bits per heavy atom. The molecule has 1 heterocycles. The van der Waals surface area contributed by atoms with Crippen LogP contribution in [0.2, 0.25) is 0 Å². The number of para-hydroxylation sites is 2. The second-order valence-electron chi connectivity index (χ2n) is 6.08. The molecule has 9 heteroatoms. The van der Waals surface area contributed by atoms with Gasteiger partial charge in [0.15, 0.2) is 11.5 Å². The summed E-state index contributed by atoms with van der Waals surface area (Å²) < 4.78 is 11.0. The molecule has 1 aliphatic heterocycles. The van der Waals surface area contributed by atoms with Crippen LogP contribution >= 0.6 is 0 Å². The topological polar surface area (TPSA) is 118 Å². The zero-order chi connectivity index (χ0) is 19.9. The standard InChI is InChI=1S/C19H20N4O5/c1-12-5-4-6-13(9-12)21-19(26)20-10-17(24)22-23-18(25)16-11-27-14-7-2-3-8-15(14)28-16/h2-9,16H,10-11H2,1H3,(H,22,24)(H,23,25)(H2,20,21,26). The summed E-state index contributed by atoms with van der Waals surface area (Å²) in [5.41, 5.74) is 6.07. The van der Waals surface area contributed by atoms with Gasteiger partial charge in [-0.1, -0.05) is 24.3 Å². The summed E-state index contributed by atoms with van der Waals surface area (Å²) in [6.07, 6.45) is -0.896. The van der Waals surface area contributed by atoms with Crippen molar-refractivity contribution in [2.75, 3.05) is 18.5 Å². The van der Waals surface area contributed by atoms with E-state index in [2.05, 4.69) is 21.5 Å². The van der Waals surface area contributed by atoms with Crippen molar-refractivity contribution in [2.24, 2.45) is 0 Å². The van der Waals surface area contributed by atoms with Crippen molar-refractivity contribution in [3.8, 4) is 11.5 Å². The third kappa shape index (κ3) is 5.13. The Morgan fingerprint density at radius 3 is 2.61 bits per heavy atom. The first-order chi connectivity index (χ1) is 13.5. The average molecular weight is 384 g/mol. The molecule has 0 radical (unpaired) electrons. The van der Waals surface area contributed by atoms with Gasteiger partial charge in [0.05, 0.1) is 0 Å². The highest BCUT2D eigenvalue weighted by atomic mass is 16.6. The summed E-state index contributed by atoms with van der Waals surface area (Å²) >= 11 is 0. The van der Waals surface area contributed by atoms with Crippen molar-refractivity contribution < 1.29 is 23.9 Å². The summed E-state index contributed by atoms with van der Waals surface area (Å²) in [5, 5.41) is 5.01. The maximum absolute atomic E-state index is 12.1. The van der Waals surface area contributed by atoms with E-state index in [4.69, 9.17) is 9.47 Å². The van der Waals surface area contributed by atoms with E-state index in [-0.39, 0.29) is 13.2 Å². The zero-order valence-electron chi connectivity index (χ0n) is 15.2. The number of amides is 4. The van der Waals surface area contributed by atoms with Gasteiger partial charge in [-0.15, -0.1) is 0 Å². The van der Waals surface area contributed by atoms with Crippen molar-refractivity contribution >= 4 is 23.5 Å². The van der Waals surface area contributed by atoms with E-state index in [0.29, 0.717) is 17.2 Å². The van der Waals surface area contributed by atoms with Gasteiger partial charge in [-0.05, 0) is 36.8 Å². The lowest BCUT2D eigenvalue weighted by atomic mass is 10.2. The largest absolute Gasteiger partial charge is 0.485 e. The minimum Gasteiger partial charge on any atom is -0.485 e. The molecule has 4 N–H and O–H groups in total. The number of ether oxygens (including phenoxy) is 2. The zero-order valence-corrected chi connectivity index (χ0v) is 15.2. The normalized spacial score (nSPS) is 14.5. The number of nitrogens with one attached hydrogen (secondary N) is 4. The fourth-order valence-corrected chi connectivity index (χ4v) is 2.46. The molecule has 1 unspecified atom stereocenters. The maximum Gasteiger partial charge on any atom is 0.319 e. The van der Waals surface area contributed by atoms with E-state index in [1.54, 1.807) is 36.4 Å². The Morgan fingerprint density at radius 2 is 1.82 bits per heavy atom. The number of carbonyl (C=O) groups excluding carboxylic acids is 3. The highest BCUT2D eigenvalue weighted by Gasteiger charge is 2.27. The van der Waals surface area contributed by atoms with E-state index in [1.165, 1.54) is 0 Å². The first-order valence-electron chi connectivity index (χ1n) is 8.60. The molecule has 0 aromatic heterocycles. The minimum absolute atomic E-state index is 0.0237. The molecular formula is C19H20N4O5. The Labute approximate surface area is 161 Å². The van der Waals surface area contributed by atoms with Gasteiger partial charge in [0.1, 0.15) is 13.2 Å². The molecule has 1 aliphatic rings. The highest BCUT2D eigenvalue weighted by Crippen LogP contribution is 2.30. The second kappa shape index (κ2) is 8.76. The van der Waals surface area contributed by atoms with Crippen LogP contribution in [0.5, 0.6) is 11.5 Å². The molecule has 4 amide bonds. The predicted molar refractivity (Wildman–Crippen MR) is 101 cm³/mol. The van der Waals surface area contributed by atoms with Crippen LogP contribution in [0.1, 0.15) is 5.56 Å². The number of benzene rings is 2. The lowest BCUT2D eigenvalue weighted by molar-refractivity contribution is -0.134. The molecule has 0 spiro atoms. The van der Waals surface area contributed by atoms with Gasteiger partial charge in [0.2, 0.25) is 6.10 Å². The van der Waals surface area contributed by atoms with Crippen LogP contribution < -0.4 is 31.0 Å². The minimum atomic E-state index is -0.896. The third-order valence-corrected chi connectivity index (χ3v) is 3.81. The van der Waals surface area contributed by atoms with Crippen LogP contribution in [0.3, 0.4) is 0 Å². The molecule has 2 aromatic carbocycles. The van der Waals surface area contributed by atoms with Crippen molar-refractivity contribution in [3.05, 3.63) is 54.1 Å². The average Bonchev–Trinajstić information content (AvgIpc) is 2.70. The first-order valence-corrected chi connectivity index (χ1v) is 8.60. The van der Waals surface area contributed by atoms with Gasteiger partial charge in [-0.25, -0.2) is 4.79 Å². The quantitative estimate of drug-likeness (QED) is 0.589. The van der Waals surface area contributed by atoms with E-state index in [1.807, 2.05) is 19.1 Å². The Kier molecular flexibility index (Phi) is 5.95. The van der Waals surface area contributed by atoms with Gasteiger partial charge < -0.3 is 20.1 Å². The summed E-state index contributed by atoms with van der Waals surface area (Å²) in [5.74, 6) is -0.147. The number of aryl methyl sites for hydroxylation is 1. The second-order valence-corrected chi connectivity index (χ2v) is 6.08. The lowest BCUT2D eigenvalue weighted by Gasteiger charge is -2.25. The van der Waals surface area contributed by atoms with Crippen LogP contribution in [-0.4, -0.2) is 37.1 Å². The molecule has 0 fully saturated rings. The number of urea groups is 1. The Balaban J connectivity index is 1.38. The van der Waals surface area contributed by atoms with Crippen LogP contribution in [0, 0.1) is 6.92 Å². The summed E-state index contributed by atoms with van der Waals surface area (Å²) in [6.45, 7) is 1.61. The number of hydrogen-bond acceptors (Lipinski definition) is 5. The number of hydrogen-bond donors (Lipinski definition) is 4. The molecular weight excluding hydrogens is 364 g/mol. The van der Waals surface area contributed by atoms with Gasteiger partial charge in [0.25, 0.3) is 11.8 Å². The van der Waals surface area contributed by atoms with E-state index in [0.717, 1.165) is 5.56 Å². The van der Waals surface area contributed by atoms with E-state index < -0.39 is 23.9 Å². The number of carbonyl (C=O) groups is 3. The van der Waals surface area contributed by atoms with Crippen LogP contribution in [0.4, 0.5) is 10.5 Å². The fourth-order valence-electron chi connectivity index (χ4n) is 2.46. The molecule has 0 saturated heterocycles. The molecule has 3 rings (SSSR count). The molecule has 9 nitrogen and oxygen atoms in total. The maximum atomic E-state index is 12.1. The number of fused-ring (bicyclic) bond motifs is 1. The monoisotopic (exact) mass is 384 g/mol. The van der Waals surface area contributed by atoms with E-state index in [9.17, 15) is 14.4 Å². The van der Waals surface area contributed by atoms with Gasteiger partial charge in [-0.2, -0.15) is 0 Å². The fraction of sp³-hybridized carbons (Fsp3) is 0.211. The van der Waals surface area contributed by atoms with Gasteiger partial charge >= 0.3 is 6.03 Å². The SMILES string of the molecule is Cc1cccc(NC(=O)NCC(=O)NNC(=O)C2COc3ccccc3O2)c1. The highest BCUT2D eigenvalue weighted by molar-refractivity contribution is 5.93. The summed E-state index contributed by atoms with van der Waals surface area (Å²) in [4.78, 5) is 35.7. The smallest absolute Gasteiger partial charge is 0.319 e. The number of rotatable bonds is 4. The lowest BCUT2D eigenvalue weighted by Crippen LogP contribution is -2.52. The first kappa shape index (κ1) is 19.0. The summed E-state index contributed by atoms with van der Waals surface area (Å²) in [6, 6.07) is 13.7. The number of anilines is 1. The number of hydrazine groups is 1. The van der Waals surface area contributed by atoms with Crippen molar-refractivity contribution in [1.82, 2.24) is 16.2 Å². The van der Waals surface area contributed by atoms with Crippen molar-refractivity contribution in [3.63, 3.8) is 0 Å². The van der Waals surface area contributed by atoms with Gasteiger partial charge in [-0.3, -0.25) is 20.4 Å². The van der Waals surface area contributed by atoms with Crippen LogP contribution in [-0.2, 0) is 9.59 Å². The summed E-state index contributed by atoms with van der Waals surface area (Å²) in [7, 11) is 0. The van der Waals surface area contributed by atoms with Gasteiger partial charge in [0, 0.05) is 5.69 Å². The van der Waals surface area contributed by atoms with Crippen molar-refractivity contribution in [1.29, 1.82) is 0 Å². The molecule has 0 bridgehead atoms. The molecule has 28 heavy (non-hydrogen) atoms. The Hall–Kier alpha value is -3.75. The van der Waals surface area contributed by atoms with E-state index >= 15 is 0 Å². The predicted octanol–water partition coefficient (Wildman–Crippen LogP) is 1.10. The van der Waals surface area contributed by atoms with Crippen LogP contribution in [0.15, 0.2) is 48.5 Å². The molecule has 146 valence electrons. The van der Waals surface area contributed by atoms with Crippen LogP contribution in [0.25, 0.3) is 0 Å².